The topological polar surface area (TPSA) is 59.1 Å². The molecule has 0 bridgehead atoms. The average molecular weight is 288 g/mol. The van der Waals surface area contributed by atoms with Crippen molar-refractivity contribution in [1.29, 1.82) is 0 Å². The lowest BCUT2D eigenvalue weighted by atomic mass is 9.83. The molecule has 3 atom stereocenters. The monoisotopic (exact) mass is 288 g/mol. The Morgan fingerprint density at radius 3 is 2.48 bits per heavy atom. The summed E-state index contributed by atoms with van der Waals surface area (Å²) in [6, 6.07) is 3.50. The molecule has 1 aliphatic rings. The molecule has 4 heteroatoms. The van der Waals surface area contributed by atoms with E-state index in [0.717, 1.165) is 12.0 Å². The quantitative estimate of drug-likeness (QED) is 0.906. The number of amides is 1. The van der Waals surface area contributed by atoms with Gasteiger partial charge in [0.2, 0.25) is 5.91 Å². The highest BCUT2D eigenvalue weighted by molar-refractivity contribution is 5.91. The second-order valence-corrected chi connectivity index (χ2v) is 6.86. The van der Waals surface area contributed by atoms with Crippen LogP contribution in [0.25, 0.3) is 0 Å². The molecule has 0 aromatic carbocycles. The van der Waals surface area contributed by atoms with Crippen molar-refractivity contribution >= 4 is 11.7 Å². The number of nitrogens with zero attached hydrogens (tertiary/aromatic N) is 1. The summed E-state index contributed by atoms with van der Waals surface area (Å²) >= 11 is 0. The number of pyridine rings is 1. The lowest BCUT2D eigenvalue weighted by Gasteiger charge is -2.30. The molecule has 1 aromatic rings. The fraction of sp³-hybridized carbons (Fsp3) is 0.588. The number of hydrogen-bond donors (Lipinski definition) is 1. The standard InChI is InChI=1S/C17H24N2O2/c1-5-14(20)15(17(2,3)4)19-16(21)13-10-12(13)11-6-8-18-9-7-11/h6-9,12-13,15H,5,10H2,1-4H3,(H,19,21)/t12?,13-,15-/m1/s1. The van der Waals surface area contributed by atoms with Crippen LogP contribution < -0.4 is 5.32 Å². The van der Waals surface area contributed by atoms with Crippen LogP contribution in [0.2, 0.25) is 0 Å². The molecule has 21 heavy (non-hydrogen) atoms. The van der Waals surface area contributed by atoms with Crippen LogP contribution in [0.3, 0.4) is 0 Å². The van der Waals surface area contributed by atoms with E-state index in [0.29, 0.717) is 6.42 Å². The van der Waals surface area contributed by atoms with Crippen LogP contribution in [-0.2, 0) is 9.59 Å². The average Bonchev–Trinajstić information content (AvgIpc) is 3.24. The highest BCUT2D eigenvalue weighted by atomic mass is 16.2. The van der Waals surface area contributed by atoms with Gasteiger partial charge >= 0.3 is 0 Å². The van der Waals surface area contributed by atoms with Gasteiger partial charge in [-0.3, -0.25) is 14.6 Å². The van der Waals surface area contributed by atoms with Crippen LogP contribution in [0.1, 0.15) is 52.0 Å². The second kappa shape index (κ2) is 5.96. The first-order chi connectivity index (χ1) is 9.84. The lowest BCUT2D eigenvalue weighted by molar-refractivity contribution is -0.130. The molecule has 2 rings (SSSR count). The van der Waals surface area contributed by atoms with E-state index in [1.807, 2.05) is 39.8 Å². The molecule has 1 fully saturated rings. The number of carbonyl (C=O) groups is 2. The third-order valence-electron chi connectivity index (χ3n) is 4.08. The van der Waals surface area contributed by atoms with E-state index in [2.05, 4.69) is 10.3 Å². The van der Waals surface area contributed by atoms with Crippen LogP contribution in [0.4, 0.5) is 0 Å². The Bertz CT molecular complexity index is 519. The van der Waals surface area contributed by atoms with Gasteiger partial charge in [-0.25, -0.2) is 0 Å². The molecule has 0 aliphatic heterocycles. The summed E-state index contributed by atoms with van der Waals surface area (Å²) in [5, 5.41) is 2.97. The Balaban J connectivity index is 2.00. The molecule has 0 saturated heterocycles. The van der Waals surface area contributed by atoms with Crippen molar-refractivity contribution in [2.45, 2.75) is 52.5 Å². The number of hydrogen-bond acceptors (Lipinski definition) is 3. The predicted octanol–water partition coefficient (Wildman–Crippen LogP) is 2.70. The van der Waals surface area contributed by atoms with Crippen molar-refractivity contribution in [2.24, 2.45) is 11.3 Å². The molecule has 1 aliphatic carbocycles. The minimum atomic E-state index is -0.409. The summed E-state index contributed by atoms with van der Waals surface area (Å²) in [7, 11) is 0. The molecule has 1 unspecified atom stereocenters. The van der Waals surface area contributed by atoms with E-state index in [4.69, 9.17) is 0 Å². The lowest BCUT2D eigenvalue weighted by Crippen LogP contribution is -2.49. The molecule has 1 N–H and O–H groups in total. The maximum Gasteiger partial charge on any atom is 0.224 e. The van der Waals surface area contributed by atoms with Gasteiger partial charge in [-0.1, -0.05) is 27.7 Å². The highest BCUT2D eigenvalue weighted by Gasteiger charge is 2.45. The third-order valence-corrected chi connectivity index (χ3v) is 4.08. The van der Waals surface area contributed by atoms with Gasteiger partial charge in [-0.2, -0.15) is 0 Å². The van der Waals surface area contributed by atoms with Gasteiger partial charge in [-0.15, -0.1) is 0 Å². The fourth-order valence-electron chi connectivity index (χ4n) is 2.70. The van der Waals surface area contributed by atoms with E-state index in [-0.39, 0.29) is 28.9 Å². The summed E-state index contributed by atoms with van der Waals surface area (Å²) in [5.74, 6) is 0.350. The Hall–Kier alpha value is -1.71. The van der Waals surface area contributed by atoms with Crippen molar-refractivity contribution in [3.8, 4) is 0 Å². The first-order valence-electron chi connectivity index (χ1n) is 7.57. The van der Waals surface area contributed by atoms with E-state index in [1.54, 1.807) is 12.4 Å². The smallest absolute Gasteiger partial charge is 0.224 e. The van der Waals surface area contributed by atoms with Crippen LogP contribution in [0.15, 0.2) is 24.5 Å². The summed E-state index contributed by atoms with van der Waals surface area (Å²) in [6.45, 7) is 7.79. The molecule has 114 valence electrons. The Kier molecular flexibility index (Phi) is 4.45. The fourth-order valence-corrected chi connectivity index (χ4v) is 2.70. The zero-order valence-electron chi connectivity index (χ0n) is 13.2. The molecular formula is C17H24N2O2. The molecule has 0 radical (unpaired) electrons. The van der Waals surface area contributed by atoms with Crippen LogP contribution in [0, 0.1) is 11.3 Å². The Morgan fingerprint density at radius 2 is 1.95 bits per heavy atom. The van der Waals surface area contributed by atoms with Gasteiger partial charge in [0.15, 0.2) is 5.78 Å². The first kappa shape index (κ1) is 15.7. The largest absolute Gasteiger partial charge is 0.346 e. The van der Waals surface area contributed by atoms with E-state index >= 15 is 0 Å². The minimum absolute atomic E-state index is 0.00135. The van der Waals surface area contributed by atoms with E-state index in [9.17, 15) is 9.59 Å². The number of carbonyl (C=O) groups excluding carboxylic acids is 2. The molecule has 1 aromatic heterocycles. The molecular weight excluding hydrogens is 264 g/mol. The van der Waals surface area contributed by atoms with Gasteiger partial charge in [0.25, 0.3) is 0 Å². The zero-order chi connectivity index (χ0) is 15.6. The predicted molar refractivity (Wildman–Crippen MR) is 81.8 cm³/mol. The maximum atomic E-state index is 12.4. The Labute approximate surface area is 126 Å². The summed E-state index contributed by atoms with van der Waals surface area (Å²) < 4.78 is 0. The van der Waals surface area contributed by atoms with Gasteiger partial charge in [0.05, 0.1) is 6.04 Å². The van der Waals surface area contributed by atoms with Crippen LogP contribution in [-0.4, -0.2) is 22.7 Å². The molecule has 1 heterocycles. The van der Waals surface area contributed by atoms with Crippen molar-refractivity contribution in [2.75, 3.05) is 0 Å². The SMILES string of the molecule is CCC(=O)[C@@H](NC(=O)[C@@H]1CC1c1ccncc1)C(C)(C)C. The number of ketones is 1. The minimum Gasteiger partial charge on any atom is -0.346 e. The van der Waals surface area contributed by atoms with Crippen molar-refractivity contribution < 1.29 is 9.59 Å². The Morgan fingerprint density at radius 1 is 1.33 bits per heavy atom. The van der Waals surface area contributed by atoms with Gasteiger partial charge in [0.1, 0.15) is 0 Å². The molecule has 1 saturated carbocycles. The van der Waals surface area contributed by atoms with Crippen LogP contribution in [0.5, 0.6) is 0 Å². The first-order valence-corrected chi connectivity index (χ1v) is 7.57. The van der Waals surface area contributed by atoms with Crippen molar-refractivity contribution in [1.82, 2.24) is 10.3 Å². The third kappa shape index (κ3) is 3.69. The second-order valence-electron chi connectivity index (χ2n) is 6.86. The van der Waals surface area contributed by atoms with Crippen LogP contribution >= 0.6 is 0 Å². The highest BCUT2D eigenvalue weighted by Crippen LogP contribution is 2.47. The summed E-state index contributed by atoms with van der Waals surface area (Å²) in [5.41, 5.74) is 0.892. The van der Waals surface area contributed by atoms with Crippen molar-refractivity contribution in [3.63, 3.8) is 0 Å². The maximum absolute atomic E-state index is 12.4. The van der Waals surface area contributed by atoms with Crippen molar-refractivity contribution in [3.05, 3.63) is 30.1 Å². The molecule has 0 spiro atoms. The van der Waals surface area contributed by atoms with Gasteiger partial charge in [-0.05, 0) is 35.4 Å². The number of aromatic nitrogens is 1. The summed E-state index contributed by atoms with van der Waals surface area (Å²) in [6.07, 6.45) is 4.80. The summed E-state index contributed by atoms with van der Waals surface area (Å²) in [4.78, 5) is 28.4. The number of rotatable bonds is 5. The van der Waals surface area contributed by atoms with Gasteiger partial charge in [0, 0.05) is 24.7 Å². The normalized spacial score (nSPS) is 22.5. The van der Waals surface area contributed by atoms with E-state index < -0.39 is 6.04 Å². The molecule has 1 amide bonds. The number of nitrogens with one attached hydrogen (secondary N) is 1. The zero-order valence-corrected chi connectivity index (χ0v) is 13.2. The van der Waals surface area contributed by atoms with E-state index in [1.165, 1.54) is 0 Å². The number of Topliss-reactive ketones (excluding diaryl/α,β-unsaturated/α-hetero) is 1. The van der Waals surface area contributed by atoms with Gasteiger partial charge < -0.3 is 5.32 Å². The molecule has 4 nitrogen and oxygen atoms in total.